The van der Waals surface area contributed by atoms with E-state index in [1.165, 1.54) is 9.96 Å². The van der Waals surface area contributed by atoms with E-state index < -0.39 is 13.3 Å². The van der Waals surface area contributed by atoms with Gasteiger partial charge in [-0.25, -0.2) is 0 Å². The Morgan fingerprint density at radius 2 is 1.74 bits per heavy atom. The normalized spacial score (nSPS) is 12.9. The summed E-state index contributed by atoms with van der Waals surface area (Å²) in [6, 6.07) is 8.66. The number of rotatable bonds is 1. The van der Waals surface area contributed by atoms with Crippen LogP contribution in [0.25, 0.3) is 22.2 Å². The Morgan fingerprint density at radius 3 is 2.48 bits per heavy atom. The molecule has 1 aliphatic rings. The Bertz CT molecular complexity index is 958. The van der Waals surface area contributed by atoms with Gasteiger partial charge in [-0.2, -0.15) is 0 Å². The van der Waals surface area contributed by atoms with Crippen LogP contribution in [0.1, 0.15) is 11.1 Å². The summed E-state index contributed by atoms with van der Waals surface area (Å²) in [4.78, 5) is 9.07. The summed E-state index contributed by atoms with van der Waals surface area (Å²) in [7, 11) is 0. The molecule has 0 unspecified atom stereocenters. The number of benzene rings is 2. The standard InChI is InChI=1S/C19H20GeN2O/c1-11-8-12(2)18-13(9-11)17-16-15(21-10-22-17)7-6-14(19(16)23-18)20(3,4)5/h6-10H,1-5H3. The number of nitrogens with zero attached hydrogens (tertiary/aromatic N) is 2. The number of fused-ring (bicyclic) bond motifs is 2. The SMILES string of the molecule is Cc1cc(C)c2c(c1)-c1ncnc3cc[c]([Ge]([CH3])([CH3])[CH3])c(c13)O2. The zero-order valence-corrected chi connectivity index (χ0v) is 16.3. The molecule has 0 aliphatic carbocycles. The molecule has 1 aromatic heterocycles. The molecule has 0 radical (unpaired) electrons. The molecule has 0 amide bonds. The van der Waals surface area contributed by atoms with Gasteiger partial charge in [0.2, 0.25) is 0 Å². The average molecular weight is 365 g/mol. The first-order chi connectivity index (χ1) is 10.9. The van der Waals surface area contributed by atoms with Crippen LogP contribution in [0, 0.1) is 13.8 Å². The van der Waals surface area contributed by atoms with Crippen molar-refractivity contribution in [1.82, 2.24) is 9.97 Å². The molecule has 3 nitrogen and oxygen atoms in total. The van der Waals surface area contributed by atoms with Crippen molar-refractivity contribution in [2.45, 2.75) is 31.1 Å². The molecule has 0 atom stereocenters. The second-order valence-corrected chi connectivity index (χ2v) is 17.9. The first kappa shape index (κ1) is 14.7. The molecule has 2 heterocycles. The Morgan fingerprint density at radius 1 is 0.957 bits per heavy atom. The van der Waals surface area contributed by atoms with E-state index in [4.69, 9.17) is 4.74 Å². The van der Waals surface area contributed by atoms with Crippen molar-refractivity contribution in [3.63, 3.8) is 0 Å². The molecule has 0 saturated carbocycles. The average Bonchev–Trinajstić information content (AvgIpc) is 2.47. The second kappa shape index (κ2) is 4.81. The molecule has 0 bridgehead atoms. The minimum atomic E-state index is -2.07. The van der Waals surface area contributed by atoms with E-state index in [1.54, 1.807) is 6.33 Å². The van der Waals surface area contributed by atoms with Gasteiger partial charge in [0.15, 0.2) is 0 Å². The van der Waals surface area contributed by atoms with E-state index >= 15 is 0 Å². The fourth-order valence-corrected chi connectivity index (χ4v) is 6.41. The van der Waals surface area contributed by atoms with Crippen LogP contribution in [-0.2, 0) is 0 Å². The van der Waals surface area contributed by atoms with Crippen LogP contribution in [0.5, 0.6) is 11.5 Å². The number of hydrogen-bond acceptors (Lipinski definition) is 3. The van der Waals surface area contributed by atoms with Gasteiger partial charge in [0.05, 0.1) is 0 Å². The van der Waals surface area contributed by atoms with Gasteiger partial charge in [-0.1, -0.05) is 0 Å². The molecule has 0 fully saturated rings. The van der Waals surface area contributed by atoms with Crippen LogP contribution in [0.15, 0.2) is 30.6 Å². The molecular weight excluding hydrogens is 345 g/mol. The van der Waals surface area contributed by atoms with Crippen LogP contribution >= 0.6 is 0 Å². The maximum atomic E-state index is 6.46. The van der Waals surface area contributed by atoms with E-state index in [-0.39, 0.29) is 0 Å². The molecule has 23 heavy (non-hydrogen) atoms. The fourth-order valence-electron chi connectivity index (χ4n) is 3.39. The number of aromatic nitrogens is 2. The van der Waals surface area contributed by atoms with E-state index in [0.29, 0.717) is 0 Å². The van der Waals surface area contributed by atoms with Gasteiger partial charge < -0.3 is 0 Å². The van der Waals surface area contributed by atoms with Crippen LogP contribution in [-0.4, -0.2) is 23.2 Å². The molecule has 4 rings (SSSR count). The van der Waals surface area contributed by atoms with Crippen LogP contribution in [0.3, 0.4) is 0 Å². The monoisotopic (exact) mass is 366 g/mol. The predicted molar refractivity (Wildman–Crippen MR) is 97.5 cm³/mol. The first-order valence-corrected chi connectivity index (χ1v) is 15.3. The van der Waals surface area contributed by atoms with E-state index in [0.717, 1.165) is 39.2 Å². The first-order valence-electron chi connectivity index (χ1n) is 7.94. The van der Waals surface area contributed by atoms with Gasteiger partial charge in [-0.15, -0.1) is 0 Å². The molecule has 116 valence electrons. The van der Waals surface area contributed by atoms with Crippen molar-refractivity contribution in [2.24, 2.45) is 0 Å². The van der Waals surface area contributed by atoms with Gasteiger partial charge in [0.25, 0.3) is 0 Å². The Labute approximate surface area is 139 Å². The maximum absolute atomic E-state index is 6.46. The summed E-state index contributed by atoms with van der Waals surface area (Å²) in [5.41, 5.74) is 5.44. The summed E-state index contributed by atoms with van der Waals surface area (Å²) < 4.78 is 7.83. The predicted octanol–water partition coefficient (Wildman–Crippen LogP) is 4.56. The van der Waals surface area contributed by atoms with E-state index in [9.17, 15) is 0 Å². The fraction of sp³-hybridized carbons (Fsp3) is 0.263. The quantitative estimate of drug-likeness (QED) is 0.464. The molecule has 1 aliphatic heterocycles. The van der Waals surface area contributed by atoms with Crippen molar-refractivity contribution in [1.29, 1.82) is 0 Å². The topological polar surface area (TPSA) is 35.0 Å². The van der Waals surface area contributed by atoms with E-state index in [2.05, 4.69) is 65.3 Å². The second-order valence-electron chi connectivity index (χ2n) is 7.37. The molecule has 3 aromatic rings. The summed E-state index contributed by atoms with van der Waals surface area (Å²) in [5.74, 6) is 9.11. The molecule has 0 spiro atoms. The Kier molecular flexibility index (Phi) is 3.07. The van der Waals surface area contributed by atoms with Crippen LogP contribution < -0.4 is 9.13 Å². The van der Waals surface area contributed by atoms with Crippen molar-refractivity contribution in [3.8, 4) is 22.8 Å². The summed E-state index contributed by atoms with van der Waals surface area (Å²) in [6.45, 7) is 4.22. The molecule has 0 N–H and O–H groups in total. The zero-order chi connectivity index (χ0) is 16.4. The van der Waals surface area contributed by atoms with Gasteiger partial charge in [-0.05, 0) is 0 Å². The summed E-state index contributed by atoms with van der Waals surface area (Å²) >= 11 is -2.07. The van der Waals surface area contributed by atoms with Crippen LogP contribution in [0.4, 0.5) is 0 Å². The summed E-state index contributed by atoms with van der Waals surface area (Å²) in [6.07, 6.45) is 1.66. The third-order valence-electron chi connectivity index (χ3n) is 4.44. The van der Waals surface area contributed by atoms with Crippen molar-refractivity contribution >= 4 is 28.6 Å². The molecule has 2 aromatic carbocycles. The molecule has 4 heteroatoms. The van der Waals surface area contributed by atoms with Crippen LogP contribution in [0.2, 0.25) is 17.3 Å². The number of hydrogen-bond donors (Lipinski definition) is 0. The third-order valence-corrected chi connectivity index (χ3v) is 8.66. The van der Waals surface area contributed by atoms with Crippen molar-refractivity contribution < 1.29 is 4.74 Å². The van der Waals surface area contributed by atoms with Gasteiger partial charge in [-0.3, -0.25) is 0 Å². The van der Waals surface area contributed by atoms with E-state index in [1.807, 2.05) is 0 Å². The minimum absolute atomic E-state index is 0.946. The molecule has 0 saturated heterocycles. The Hall–Kier alpha value is -1.88. The van der Waals surface area contributed by atoms with Crippen molar-refractivity contribution in [3.05, 3.63) is 41.7 Å². The van der Waals surface area contributed by atoms with Gasteiger partial charge in [0, 0.05) is 0 Å². The number of aryl methyl sites for hydroxylation is 2. The van der Waals surface area contributed by atoms with Crippen molar-refractivity contribution in [2.75, 3.05) is 0 Å². The zero-order valence-electron chi connectivity index (χ0n) is 14.2. The number of ether oxygens (including phenoxy) is 1. The third kappa shape index (κ3) is 2.18. The van der Waals surface area contributed by atoms with Gasteiger partial charge in [0.1, 0.15) is 0 Å². The molecular formula is C19H20GeN2O. The van der Waals surface area contributed by atoms with Gasteiger partial charge >= 0.3 is 139 Å². The summed E-state index contributed by atoms with van der Waals surface area (Å²) in [5, 5.41) is 1.07. The Balaban J connectivity index is 2.16.